The first-order valence-corrected chi connectivity index (χ1v) is 9.01. The van der Waals surface area contributed by atoms with E-state index < -0.39 is 10.8 Å². The van der Waals surface area contributed by atoms with E-state index in [-0.39, 0.29) is 18.1 Å². The van der Waals surface area contributed by atoms with Crippen LogP contribution < -0.4 is 10.6 Å². The first-order valence-electron chi connectivity index (χ1n) is 6.91. The van der Waals surface area contributed by atoms with Crippen molar-refractivity contribution in [3.63, 3.8) is 0 Å². The van der Waals surface area contributed by atoms with Crippen LogP contribution >= 0.6 is 11.6 Å². The van der Waals surface area contributed by atoms with E-state index in [4.69, 9.17) is 16.0 Å². The highest BCUT2D eigenvalue weighted by atomic mass is 35.5. The Kier molecular flexibility index (Phi) is 5.47. The van der Waals surface area contributed by atoms with Gasteiger partial charge in [-0.1, -0.05) is 11.6 Å². The van der Waals surface area contributed by atoms with Crippen molar-refractivity contribution in [3.8, 4) is 0 Å². The topological polar surface area (TPSA) is 71.3 Å². The first kappa shape index (κ1) is 16.8. The van der Waals surface area contributed by atoms with E-state index in [1.54, 1.807) is 18.4 Å². The molecule has 3 atom stereocenters. The summed E-state index contributed by atoms with van der Waals surface area (Å²) in [7, 11) is -0.947. The number of nitrogens with one attached hydrogen (secondary N) is 2. The molecule has 1 aromatic heterocycles. The van der Waals surface area contributed by atoms with E-state index in [2.05, 4.69) is 10.6 Å². The number of urea groups is 1. The van der Waals surface area contributed by atoms with Crippen molar-refractivity contribution in [2.45, 2.75) is 25.9 Å². The summed E-state index contributed by atoms with van der Waals surface area (Å²) < 4.78 is 16.8. The maximum Gasteiger partial charge on any atom is 0.315 e. The molecule has 0 saturated heterocycles. The van der Waals surface area contributed by atoms with E-state index in [0.29, 0.717) is 16.5 Å². The number of benzene rings is 1. The summed E-state index contributed by atoms with van der Waals surface area (Å²) >= 11 is 5.94. The monoisotopic (exact) mass is 342 g/mol. The number of carbonyl (C=O) groups is 1. The van der Waals surface area contributed by atoms with E-state index in [9.17, 15) is 9.00 Å². The molecule has 2 rings (SSSR count). The Morgan fingerprint density at radius 3 is 2.73 bits per heavy atom. The van der Waals surface area contributed by atoms with Gasteiger partial charge < -0.3 is 15.1 Å². The Hall–Kier alpha value is -1.53. The van der Waals surface area contributed by atoms with Gasteiger partial charge in [0, 0.05) is 39.3 Å². The Labute approximate surface area is 136 Å². The fraction of sp³-hybridized carbons (Fsp3) is 0.400. The van der Waals surface area contributed by atoms with Crippen LogP contribution in [0.2, 0.25) is 5.02 Å². The molecule has 0 fully saturated rings. The number of rotatable bonds is 5. The minimum absolute atomic E-state index is 0.160. The molecule has 0 saturated carbocycles. The van der Waals surface area contributed by atoms with Gasteiger partial charge in [-0.25, -0.2) is 4.79 Å². The van der Waals surface area contributed by atoms with Crippen molar-refractivity contribution in [3.05, 3.63) is 35.0 Å². The lowest BCUT2D eigenvalue weighted by molar-refractivity contribution is 0.234. The van der Waals surface area contributed by atoms with Crippen LogP contribution in [0, 0.1) is 0 Å². The predicted octanol–water partition coefficient (Wildman–Crippen LogP) is 3.21. The molecule has 7 heteroatoms. The van der Waals surface area contributed by atoms with Gasteiger partial charge in [-0.2, -0.15) is 0 Å². The van der Waals surface area contributed by atoms with E-state index in [0.717, 1.165) is 11.0 Å². The highest BCUT2D eigenvalue weighted by Crippen LogP contribution is 2.26. The van der Waals surface area contributed by atoms with Crippen molar-refractivity contribution in [2.75, 3.05) is 12.0 Å². The molecule has 2 aromatic rings. The van der Waals surface area contributed by atoms with Gasteiger partial charge in [0.05, 0.1) is 6.04 Å². The fourth-order valence-electron chi connectivity index (χ4n) is 2.18. The third-order valence-electron chi connectivity index (χ3n) is 3.13. The van der Waals surface area contributed by atoms with Crippen LogP contribution in [0.5, 0.6) is 0 Å². The number of carbonyl (C=O) groups excluding carboxylic acids is 1. The van der Waals surface area contributed by atoms with Crippen LogP contribution in [-0.4, -0.2) is 28.3 Å². The zero-order valence-electron chi connectivity index (χ0n) is 12.7. The lowest BCUT2D eigenvalue weighted by atomic mass is 10.2. The summed E-state index contributed by atoms with van der Waals surface area (Å²) in [5.41, 5.74) is 0.725. The summed E-state index contributed by atoms with van der Waals surface area (Å²) in [5, 5.41) is 7.08. The van der Waals surface area contributed by atoms with Gasteiger partial charge in [0.15, 0.2) is 0 Å². The molecule has 2 N–H and O–H groups in total. The van der Waals surface area contributed by atoms with Gasteiger partial charge in [0.25, 0.3) is 0 Å². The molecule has 0 aliphatic heterocycles. The quantitative estimate of drug-likeness (QED) is 0.876. The number of amides is 2. The van der Waals surface area contributed by atoms with Crippen LogP contribution in [0.4, 0.5) is 4.79 Å². The highest BCUT2D eigenvalue weighted by Gasteiger charge is 2.16. The zero-order valence-corrected chi connectivity index (χ0v) is 14.3. The molecule has 0 unspecified atom stereocenters. The number of hydrogen-bond donors (Lipinski definition) is 2. The van der Waals surface area contributed by atoms with Gasteiger partial charge in [-0.3, -0.25) is 4.21 Å². The normalized spacial score (nSPS) is 15.3. The molecule has 1 heterocycles. The van der Waals surface area contributed by atoms with Gasteiger partial charge in [0.1, 0.15) is 11.3 Å². The molecule has 0 spiro atoms. The molecule has 0 bridgehead atoms. The molecule has 0 aliphatic carbocycles. The minimum Gasteiger partial charge on any atom is -0.459 e. The fourth-order valence-corrected chi connectivity index (χ4v) is 3.14. The maximum absolute atomic E-state index is 11.9. The standard InChI is InChI=1S/C15H19ClN2O3S/c1-9(8-22(3)20)17-15(19)18-10(2)14-7-11-6-12(16)4-5-13(11)21-14/h4-7,9-10H,8H2,1-3H3,(H2,17,18,19)/t9-,10+,22-/m1/s1. The SMILES string of the molecule is C[C@H](C[S@@](C)=O)NC(=O)N[C@@H](C)c1cc2cc(Cl)ccc2o1. The first-order chi connectivity index (χ1) is 10.3. The largest absolute Gasteiger partial charge is 0.459 e. The maximum atomic E-state index is 11.9. The van der Waals surface area contributed by atoms with E-state index in [1.165, 1.54) is 0 Å². The second-order valence-corrected chi connectivity index (χ2v) is 7.23. The van der Waals surface area contributed by atoms with Gasteiger partial charge >= 0.3 is 6.03 Å². The van der Waals surface area contributed by atoms with Crippen molar-refractivity contribution in [1.82, 2.24) is 10.6 Å². The molecule has 0 aliphatic rings. The van der Waals surface area contributed by atoms with Crippen molar-refractivity contribution in [2.24, 2.45) is 0 Å². The van der Waals surface area contributed by atoms with Crippen LogP contribution in [-0.2, 0) is 10.8 Å². The zero-order chi connectivity index (χ0) is 16.3. The average Bonchev–Trinajstić information content (AvgIpc) is 2.80. The van der Waals surface area contributed by atoms with Crippen molar-refractivity contribution < 1.29 is 13.4 Å². The average molecular weight is 343 g/mol. The van der Waals surface area contributed by atoms with Gasteiger partial charge in [-0.15, -0.1) is 0 Å². The Balaban J connectivity index is 1.99. The molecule has 120 valence electrons. The Morgan fingerprint density at radius 2 is 2.05 bits per heavy atom. The van der Waals surface area contributed by atoms with E-state index >= 15 is 0 Å². The number of fused-ring (bicyclic) bond motifs is 1. The predicted molar refractivity (Wildman–Crippen MR) is 89.7 cm³/mol. The van der Waals surface area contributed by atoms with Crippen LogP contribution in [0.25, 0.3) is 11.0 Å². The number of furan rings is 1. The highest BCUT2D eigenvalue weighted by molar-refractivity contribution is 7.84. The summed E-state index contributed by atoms with van der Waals surface area (Å²) in [6, 6.07) is 6.47. The number of hydrogen-bond acceptors (Lipinski definition) is 3. The molecule has 0 radical (unpaired) electrons. The minimum atomic E-state index is -0.947. The van der Waals surface area contributed by atoms with Gasteiger partial charge in [-0.05, 0) is 38.1 Å². The molecular formula is C15H19ClN2O3S. The lowest BCUT2D eigenvalue weighted by Crippen LogP contribution is -2.43. The molecular weight excluding hydrogens is 324 g/mol. The van der Waals surface area contributed by atoms with E-state index in [1.807, 2.05) is 26.0 Å². The lowest BCUT2D eigenvalue weighted by Gasteiger charge is -2.16. The van der Waals surface area contributed by atoms with Crippen LogP contribution in [0.1, 0.15) is 25.6 Å². The summed E-state index contributed by atoms with van der Waals surface area (Å²) in [5.74, 6) is 1.07. The third kappa shape index (κ3) is 4.48. The third-order valence-corrected chi connectivity index (χ3v) is 4.34. The van der Waals surface area contributed by atoms with Crippen LogP contribution in [0.15, 0.2) is 28.7 Å². The van der Waals surface area contributed by atoms with Gasteiger partial charge in [0.2, 0.25) is 0 Å². The molecule has 2 amide bonds. The van der Waals surface area contributed by atoms with Crippen LogP contribution in [0.3, 0.4) is 0 Å². The van der Waals surface area contributed by atoms with Crippen molar-refractivity contribution in [1.29, 1.82) is 0 Å². The molecule has 1 aromatic carbocycles. The summed E-state index contributed by atoms with van der Waals surface area (Å²) in [6.45, 7) is 3.65. The Morgan fingerprint density at radius 1 is 1.32 bits per heavy atom. The van der Waals surface area contributed by atoms with Crippen molar-refractivity contribution >= 4 is 39.4 Å². The summed E-state index contributed by atoms with van der Waals surface area (Å²) in [4.78, 5) is 11.9. The smallest absolute Gasteiger partial charge is 0.315 e. The summed E-state index contributed by atoms with van der Waals surface area (Å²) in [6.07, 6.45) is 1.61. The second-order valence-electron chi connectivity index (χ2n) is 5.31. The molecule has 22 heavy (non-hydrogen) atoms. The molecule has 5 nitrogen and oxygen atoms in total. The second kappa shape index (κ2) is 7.15. The number of halogens is 1. The Bertz CT molecular complexity index is 701.